The largest absolute Gasteiger partial charge is 0.328 e. The first kappa shape index (κ1) is 19.0. The Morgan fingerprint density at radius 2 is 1.64 bits per heavy atom. The van der Waals surface area contributed by atoms with Crippen LogP contribution in [-0.4, -0.2) is 21.4 Å². The third kappa shape index (κ3) is 4.50. The molecule has 0 fully saturated rings. The number of nitrogens with one attached hydrogen (secondary N) is 3. The van der Waals surface area contributed by atoms with Gasteiger partial charge >= 0.3 is 5.69 Å². The van der Waals surface area contributed by atoms with Crippen LogP contribution in [0.4, 0.5) is 4.39 Å². The number of nitrogens with zero attached hydrogens (tertiary/aromatic N) is 1. The Morgan fingerprint density at radius 3 is 2.39 bits per heavy atom. The summed E-state index contributed by atoms with van der Waals surface area (Å²) in [4.78, 5) is 49.9. The molecule has 0 atom stereocenters. The molecule has 0 aliphatic carbocycles. The van der Waals surface area contributed by atoms with E-state index >= 15 is 0 Å². The molecule has 3 N–H and O–H groups in total. The molecule has 2 aromatic carbocycles. The summed E-state index contributed by atoms with van der Waals surface area (Å²) >= 11 is 0. The minimum Gasteiger partial charge on any atom is -0.293 e. The molecule has 8 nitrogen and oxygen atoms in total. The Morgan fingerprint density at radius 1 is 0.964 bits per heavy atom. The third-order valence-corrected chi connectivity index (χ3v) is 4.09. The molecular formula is C19H17FN4O4. The smallest absolute Gasteiger partial charge is 0.293 e. The van der Waals surface area contributed by atoms with E-state index in [1.54, 1.807) is 24.3 Å². The molecule has 0 bridgehead atoms. The molecule has 0 spiro atoms. The lowest BCUT2D eigenvalue weighted by Gasteiger charge is -2.10. The lowest BCUT2D eigenvalue weighted by molar-refractivity contribution is -0.128. The fraction of sp³-hybridized carbons (Fsp3) is 0.158. The summed E-state index contributed by atoms with van der Waals surface area (Å²) < 4.78 is 14.1. The van der Waals surface area contributed by atoms with Crippen molar-refractivity contribution in [2.75, 3.05) is 0 Å². The Kier molecular flexibility index (Phi) is 5.64. The highest BCUT2D eigenvalue weighted by molar-refractivity contribution is 5.83. The van der Waals surface area contributed by atoms with Gasteiger partial charge in [-0.1, -0.05) is 24.3 Å². The van der Waals surface area contributed by atoms with Crippen LogP contribution in [0.15, 0.2) is 58.1 Å². The third-order valence-electron chi connectivity index (χ3n) is 4.09. The summed E-state index contributed by atoms with van der Waals surface area (Å²) in [5.74, 6) is -1.37. The van der Waals surface area contributed by atoms with Gasteiger partial charge in [-0.3, -0.25) is 34.8 Å². The van der Waals surface area contributed by atoms with Crippen molar-refractivity contribution in [3.8, 4) is 0 Å². The van der Waals surface area contributed by atoms with Crippen molar-refractivity contribution in [3.05, 3.63) is 80.7 Å². The number of amides is 2. The van der Waals surface area contributed by atoms with Crippen molar-refractivity contribution in [1.29, 1.82) is 0 Å². The van der Waals surface area contributed by atoms with Crippen LogP contribution in [0.1, 0.15) is 12.0 Å². The van der Waals surface area contributed by atoms with Crippen LogP contribution < -0.4 is 22.1 Å². The standard InChI is InChI=1S/C19H17FN4O4/c20-13-7-5-12(6-8-13)11-17(26)23-22-16(25)9-10-24-15-4-2-1-3-14(15)18(27)21-19(24)28/h1-8H,9-11H2,(H,22,25)(H,23,26)(H,21,27,28). The number of hydrogen-bond acceptors (Lipinski definition) is 4. The average molecular weight is 384 g/mol. The number of carbonyl (C=O) groups excluding carboxylic acids is 2. The molecule has 3 aromatic rings. The SMILES string of the molecule is O=C(CCn1c(=O)[nH]c(=O)c2ccccc21)NNC(=O)Cc1ccc(F)cc1. The van der Waals surface area contributed by atoms with E-state index < -0.39 is 28.9 Å². The predicted molar refractivity (Wildman–Crippen MR) is 99.8 cm³/mol. The van der Waals surface area contributed by atoms with Gasteiger partial charge in [0.05, 0.1) is 17.3 Å². The maximum Gasteiger partial charge on any atom is 0.328 e. The quantitative estimate of drug-likeness (QED) is 0.560. The van der Waals surface area contributed by atoms with Crippen LogP contribution in [-0.2, 0) is 22.6 Å². The highest BCUT2D eigenvalue weighted by Crippen LogP contribution is 2.07. The molecule has 2 amide bonds. The van der Waals surface area contributed by atoms with Gasteiger partial charge in [0.15, 0.2) is 0 Å². The lowest BCUT2D eigenvalue weighted by Crippen LogP contribution is -2.43. The summed E-state index contributed by atoms with van der Waals surface area (Å²) in [6, 6.07) is 12.0. The fourth-order valence-corrected chi connectivity index (χ4v) is 2.71. The number of hydrogen-bond donors (Lipinski definition) is 3. The zero-order chi connectivity index (χ0) is 20.1. The molecule has 0 saturated carbocycles. The van der Waals surface area contributed by atoms with Gasteiger partial charge in [0.1, 0.15) is 5.82 Å². The Bertz CT molecular complexity index is 1140. The molecule has 28 heavy (non-hydrogen) atoms. The monoisotopic (exact) mass is 384 g/mol. The van der Waals surface area contributed by atoms with Crippen LogP contribution in [0.5, 0.6) is 0 Å². The second kappa shape index (κ2) is 8.30. The van der Waals surface area contributed by atoms with E-state index in [2.05, 4.69) is 15.8 Å². The maximum atomic E-state index is 12.8. The summed E-state index contributed by atoms with van der Waals surface area (Å²) in [6.07, 6.45) is -0.114. The van der Waals surface area contributed by atoms with Gasteiger partial charge < -0.3 is 0 Å². The molecule has 144 valence electrons. The van der Waals surface area contributed by atoms with Gasteiger partial charge in [-0.25, -0.2) is 9.18 Å². The fourth-order valence-electron chi connectivity index (χ4n) is 2.71. The molecule has 0 radical (unpaired) electrons. The lowest BCUT2D eigenvalue weighted by atomic mass is 10.1. The minimum atomic E-state index is -0.614. The highest BCUT2D eigenvalue weighted by atomic mass is 19.1. The molecule has 1 heterocycles. The van der Waals surface area contributed by atoms with Gasteiger partial charge in [-0.05, 0) is 29.8 Å². The van der Waals surface area contributed by atoms with Crippen molar-refractivity contribution < 1.29 is 14.0 Å². The number of para-hydroxylation sites is 1. The number of benzene rings is 2. The van der Waals surface area contributed by atoms with E-state index in [4.69, 9.17) is 0 Å². The van der Waals surface area contributed by atoms with Crippen LogP contribution in [0.2, 0.25) is 0 Å². The maximum absolute atomic E-state index is 12.8. The number of aromatic nitrogens is 2. The van der Waals surface area contributed by atoms with Gasteiger partial charge in [0, 0.05) is 13.0 Å². The first-order chi connectivity index (χ1) is 13.4. The number of halogens is 1. The van der Waals surface area contributed by atoms with Crippen molar-refractivity contribution in [2.45, 2.75) is 19.4 Å². The highest BCUT2D eigenvalue weighted by Gasteiger charge is 2.10. The molecule has 3 rings (SSSR count). The number of fused-ring (bicyclic) bond motifs is 1. The number of H-pyrrole nitrogens is 1. The van der Waals surface area contributed by atoms with Gasteiger partial charge in [-0.15, -0.1) is 0 Å². The summed E-state index contributed by atoms with van der Waals surface area (Å²) in [6.45, 7) is 0.0236. The van der Waals surface area contributed by atoms with E-state index in [9.17, 15) is 23.6 Å². The average Bonchev–Trinajstić information content (AvgIpc) is 2.68. The summed E-state index contributed by atoms with van der Waals surface area (Å²) in [7, 11) is 0. The zero-order valence-corrected chi connectivity index (χ0v) is 14.7. The number of aryl methyl sites for hydroxylation is 1. The summed E-state index contributed by atoms with van der Waals surface area (Å²) in [5.41, 5.74) is 4.44. The normalized spacial score (nSPS) is 10.6. The van der Waals surface area contributed by atoms with E-state index in [1.165, 1.54) is 28.8 Å². The topological polar surface area (TPSA) is 113 Å². The Labute approximate surface area is 158 Å². The number of carbonyl (C=O) groups is 2. The number of hydrazine groups is 1. The van der Waals surface area contributed by atoms with Crippen molar-refractivity contribution >= 4 is 22.7 Å². The van der Waals surface area contributed by atoms with Crippen LogP contribution in [0.3, 0.4) is 0 Å². The molecule has 0 aliphatic rings. The molecule has 0 saturated heterocycles. The zero-order valence-electron chi connectivity index (χ0n) is 14.7. The van der Waals surface area contributed by atoms with Gasteiger partial charge in [0.2, 0.25) is 11.8 Å². The minimum absolute atomic E-state index is 0.0232. The molecular weight excluding hydrogens is 367 g/mol. The second-order valence-electron chi connectivity index (χ2n) is 6.08. The molecule has 9 heteroatoms. The predicted octanol–water partition coefficient (Wildman–Crippen LogP) is 0.609. The van der Waals surface area contributed by atoms with E-state index in [0.717, 1.165) is 0 Å². The van der Waals surface area contributed by atoms with Crippen LogP contribution in [0, 0.1) is 5.82 Å². The first-order valence-electron chi connectivity index (χ1n) is 8.48. The molecule has 0 unspecified atom stereocenters. The molecule has 0 aliphatic heterocycles. The number of rotatable bonds is 5. The van der Waals surface area contributed by atoms with Gasteiger partial charge in [-0.2, -0.15) is 0 Å². The number of aromatic amines is 1. The van der Waals surface area contributed by atoms with E-state index in [-0.39, 0.29) is 19.4 Å². The first-order valence-corrected chi connectivity index (χ1v) is 8.48. The summed E-state index contributed by atoms with van der Waals surface area (Å²) in [5, 5.41) is 0.343. The second-order valence-corrected chi connectivity index (χ2v) is 6.08. The van der Waals surface area contributed by atoms with Crippen molar-refractivity contribution in [1.82, 2.24) is 20.4 Å². The van der Waals surface area contributed by atoms with Crippen molar-refractivity contribution in [2.24, 2.45) is 0 Å². The Hall–Kier alpha value is -3.75. The van der Waals surface area contributed by atoms with Crippen LogP contribution in [0.25, 0.3) is 10.9 Å². The van der Waals surface area contributed by atoms with Crippen molar-refractivity contribution in [3.63, 3.8) is 0 Å². The molecule has 1 aromatic heterocycles. The van der Waals surface area contributed by atoms with E-state index in [0.29, 0.717) is 16.5 Å². The van der Waals surface area contributed by atoms with E-state index in [1.807, 2.05) is 0 Å². The van der Waals surface area contributed by atoms with Crippen LogP contribution >= 0.6 is 0 Å². The van der Waals surface area contributed by atoms with Gasteiger partial charge in [0.25, 0.3) is 5.56 Å². The Balaban J connectivity index is 1.57.